The van der Waals surface area contributed by atoms with E-state index in [9.17, 15) is 2.74 Å². The van der Waals surface area contributed by atoms with Crippen LogP contribution in [0.4, 0.5) is 0 Å². The number of aromatic nitrogens is 3. The van der Waals surface area contributed by atoms with E-state index in [-0.39, 0.29) is 28.4 Å². The fraction of sp³-hybridized carbons (Fsp3) is 0. The Kier molecular flexibility index (Phi) is 7.74. The zero-order chi connectivity index (χ0) is 47.3. The fourth-order valence-corrected chi connectivity index (χ4v) is 7.90. The maximum atomic E-state index is 9.52. The summed E-state index contributed by atoms with van der Waals surface area (Å²) in [5.74, 6) is 1.21. The lowest BCUT2D eigenvalue weighted by Gasteiger charge is -2.14. The van der Waals surface area contributed by atoms with Crippen molar-refractivity contribution in [1.82, 2.24) is 15.0 Å². The molecule has 62 heavy (non-hydrogen) atoms. The van der Waals surface area contributed by atoms with Gasteiger partial charge in [-0.2, -0.15) is 0 Å². The van der Waals surface area contributed by atoms with E-state index in [4.69, 9.17) is 21.8 Å². The average molecular weight is 797 g/mol. The van der Waals surface area contributed by atoms with Crippen LogP contribution in [-0.4, -0.2) is 15.0 Å². The minimum atomic E-state index is -0.518. The van der Waals surface area contributed by atoms with Crippen LogP contribution in [0, 0.1) is 0 Å². The van der Waals surface area contributed by atoms with Crippen molar-refractivity contribution in [3.63, 3.8) is 0 Å². The molecule has 1 aromatic heterocycles. The summed E-state index contributed by atoms with van der Waals surface area (Å²) in [6.45, 7) is 0. The van der Waals surface area contributed by atoms with Crippen molar-refractivity contribution in [2.75, 3.05) is 0 Å². The van der Waals surface area contributed by atoms with E-state index >= 15 is 0 Å². The number of fused-ring (bicyclic) bond motifs is 2. The molecule has 0 aliphatic carbocycles. The van der Waals surface area contributed by atoms with Gasteiger partial charge in [-0.15, -0.1) is 0 Å². The normalized spacial score (nSPS) is 12.8. The van der Waals surface area contributed by atoms with Crippen LogP contribution in [-0.2, 0) is 0 Å². The number of nitrogens with zero attached hydrogens (tertiary/aromatic N) is 3. The van der Waals surface area contributed by atoms with Crippen LogP contribution in [0.25, 0.3) is 111 Å². The molecule has 0 amide bonds. The van der Waals surface area contributed by atoms with Crippen LogP contribution < -0.4 is 0 Å². The van der Waals surface area contributed by atoms with Gasteiger partial charge in [-0.3, -0.25) is 0 Å². The Morgan fingerprint density at radius 3 is 1.29 bits per heavy atom. The molecule has 0 saturated carbocycles. The molecule has 0 N–H and O–H groups in total. The zero-order valence-electron chi connectivity index (χ0n) is 40.3. The monoisotopic (exact) mass is 796 g/mol. The summed E-state index contributed by atoms with van der Waals surface area (Å²) >= 11 is 0. The van der Waals surface area contributed by atoms with E-state index < -0.39 is 30.2 Å². The smallest absolute Gasteiger partial charge is 0.164 e. The summed E-state index contributed by atoms with van der Waals surface area (Å²) in [5, 5.41) is 1.77. The van der Waals surface area contributed by atoms with E-state index in [1.807, 2.05) is 97.1 Å². The molecule has 3 heteroatoms. The molecule has 3 nitrogen and oxygen atoms in total. The van der Waals surface area contributed by atoms with Crippen LogP contribution in [0.3, 0.4) is 0 Å². The van der Waals surface area contributed by atoms with Crippen LogP contribution in [0.1, 0.15) is 9.60 Å². The van der Waals surface area contributed by atoms with Gasteiger partial charge >= 0.3 is 0 Å². The minimum absolute atomic E-state index is 0.0532. The summed E-state index contributed by atoms with van der Waals surface area (Å²) in [4.78, 5) is 15.3. The molecule has 0 aliphatic heterocycles. The number of rotatable bonds is 8. The Labute approximate surface area is 371 Å². The first-order valence-corrected chi connectivity index (χ1v) is 20.4. The van der Waals surface area contributed by atoms with Gasteiger partial charge in [0.05, 0.1) is 9.60 Å². The van der Waals surface area contributed by atoms with Crippen LogP contribution in [0.2, 0.25) is 0 Å². The molecule has 11 rings (SSSR count). The minimum Gasteiger partial charge on any atom is -0.208 e. The molecule has 0 radical (unpaired) electrons. The Bertz CT molecular complexity index is 3790. The Morgan fingerprint density at radius 2 is 0.645 bits per heavy atom. The molecule has 10 aromatic carbocycles. The van der Waals surface area contributed by atoms with Crippen molar-refractivity contribution in [3.05, 3.63) is 236 Å². The van der Waals surface area contributed by atoms with Crippen molar-refractivity contribution in [1.29, 1.82) is 0 Å². The standard InChI is InChI=1S/C59H39N3/c1-4-13-40(14-5-1)43-23-25-44(26-24-43)47-21-12-22-53(36-47)58-60-57(45-18-8-3-9-19-45)61-59(62-58)56-38-54(51-28-27-42-17-10-11-20-46(42)33-51)37-55(39-56)52-32-31-49-34-48(29-30-50(49)35-52)41-15-6-2-7-16-41/h1-39H/i10D,11D,17D,20D,27D,28D,33D. The predicted molar refractivity (Wildman–Crippen MR) is 258 cm³/mol. The first kappa shape index (κ1) is 29.9. The van der Waals surface area contributed by atoms with E-state index in [1.165, 1.54) is 0 Å². The van der Waals surface area contributed by atoms with E-state index in [0.717, 1.165) is 66.4 Å². The fourth-order valence-electron chi connectivity index (χ4n) is 7.90. The summed E-state index contributed by atoms with van der Waals surface area (Å²) in [6, 6.07) is 61.9. The largest absolute Gasteiger partial charge is 0.208 e. The lowest BCUT2D eigenvalue weighted by Crippen LogP contribution is -2.00. The van der Waals surface area contributed by atoms with Crippen molar-refractivity contribution >= 4 is 21.5 Å². The Hall–Kier alpha value is -8.27. The highest BCUT2D eigenvalue weighted by atomic mass is 15.0. The second-order valence-corrected chi connectivity index (χ2v) is 15.1. The van der Waals surface area contributed by atoms with Gasteiger partial charge in [-0.25, -0.2) is 15.0 Å². The molecule has 0 spiro atoms. The van der Waals surface area contributed by atoms with Crippen LogP contribution in [0.15, 0.2) is 236 Å². The Morgan fingerprint density at radius 1 is 0.242 bits per heavy atom. The van der Waals surface area contributed by atoms with Crippen molar-refractivity contribution < 1.29 is 9.60 Å². The molecule has 0 saturated heterocycles. The van der Waals surface area contributed by atoms with Crippen LogP contribution >= 0.6 is 0 Å². The predicted octanol–water partition coefficient (Wildman–Crippen LogP) is 15.5. The third kappa shape index (κ3) is 7.44. The third-order valence-electron chi connectivity index (χ3n) is 11.1. The quantitative estimate of drug-likeness (QED) is 0.154. The zero-order valence-corrected chi connectivity index (χ0v) is 33.3. The SMILES string of the molecule is [2H]c1c([2H])c([2H])c2c([2H])c(-c3cc(-c4ccc5cc(-c6ccccc6)ccc5c4)cc(-c4nc(-c5ccccc5)nc(-c5cccc(-c6ccc(-c7ccccc7)cc6)c5)n4)c3)c([2H])c([2H])c2c1[2H]. The first-order valence-electron chi connectivity index (χ1n) is 23.9. The molecule has 0 unspecified atom stereocenters. The van der Waals surface area contributed by atoms with Gasteiger partial charge in [0, 0.05) is 16.7 Å². The molecule has 11 aromatic rings. The molecular weight excluding hydrogens is 751 g/mol. The molecule has 290 valence electrons. The van der Waals surface area contributed by atoms with E-state index in [0.29, 0.717) is 28.6 Å². The van der Waals surface area contributed by atoms with E-state index in [1.54, 1.807) is 6.07 Å². The van der Waals surface area contributed by atoms with Crippen molar-refractivity contribution in [2.24, 2.45) is 0 Å². The third-order valence-corrected chi connectivity index (χ3v) is 11.1. The molecule has 0 fully saturated rings. The average Bonchev–Trinajstić information content (AvgIpc) is 3.41. The highest BCUT2D eigenvalue weighted by Crippen LogP contribution is 2.37. The van der Waals surface area contributed by atoms with Gasteiger partial charge in [0.1, 0.15) is 0 Å². The van der Waals surface area contributed by atoms with Crippen molar-refractivity contribution in [3.8, 4) is 89.8 Å². The summed E-state index contributed by atoms with van der Waals surface area (Å²) in [6.07, 6.45) is 0. The summed E-state index contributed by atoms with van der Waals surface area (Å²) < 4.78 is 62.2. The number of benzene rings is 10. The van der Waals surface area contributed by atoms with Crippen molar-refractivity contribution in [2.45, 2.75) is 0 Å². The molecule has 1 heterocycles. The summed E-state index contributed by atoms with van der Waals surface area (Å²) in [7, 11) is 0. The molecular formula is C59H39N3. The lowest BCUT2D eigenvalue weighted by molar-refractivity contribution is 1.07. The van der Waals surface area contributed by atoms with Gasteiger partial charge in [0.25, 0.3) is 0 Å². The summed E-state index contributed by atoms with van der Waals surface area (Å²) in [5.41, 5.74) is 10.6. The highest BCUT2D eigenvalue weighted by molar-refractivity contribution is 5.93. The second kappa shape index (κ2) is 16.1. The van der Waals surface area contributed by atoms with Gasteiger partial charge < -0.3 is 0 Å². The maximum Gasteiger partial charge on any atom is 0.164 e. The molecule has 0 aliphatic rings. The molecule has 0 bridgehead atoms. The van der Waals surface area contributed by atoms with Gasteiger partial charge in [-0.1, -0.05) is 194 Å². The number of hydrogen-bond acceptors (Lipinski definition) is 3. The van der Waals surface area contributed by atoms with Gasteiger partial charge in [0.2, 0.25) is 0 Å². The van der Waals surface area contributed by atoms with Gasteiger partial charge in [0.15, 0.2) is 17.5 Å². The topological polar surface area (TPSA) is 38.7 Å². The lowest BCUT2D eigenvalue weighted by atomic mass is 9.93. The van der Waals surface area contributed by atoms with Crippen LogP contribution in [0.5, 0.6) is 0 Å². The van der Waals surface area contributed by atoms with E-state index in [2.05, 4.69) is 91.0 Å². The van der Waals surface area contributed by atoms with Gasteiger partial charge in [-0.05, 0) is 120 Å². The maximum absolute atomic E-state index is 9.52. The molecule has 0 atom stereocenters. The number of hydrogen-bond donors (Lipinski definition) is 0. The highest BCUT2D eigenvalue weighted by Gasteiger charge is 2.16. The first-order chi connectivity index (χ1) is 33.6. The Balaban J connectivity index is 1.11. The second-order valence-electron chi connectivity index (χ2n) is 15.1.